The second-order valence-corrected chi connectivity index (χ2v) is 3.68. The molecule has 0 aliphatic carbocycles. The lowest BCUT2D eigenvalue weighted by atomic mass is 10.3. The van der Waals surface area contributed by atoms with Gasteiger partial charge in [0.25, 0.3) is 0 Å². The molecule has 3 heteroatoms. The Morgan fingerprint density at radius 1 is 1.36 bits per heavy atom. The summed E-state index contributed by atoms with van der Waals surface area (Å²) in [6.07, 6.45) is 5.70. The summed E-state index contributed by atoms with van der Waals surface area (Å²) in [5.41, 5.74) is 1.10. The largest absolute Gasteiger partial charge is 0.356 e. The molecule has 0 spiro atoms. The molecule has 0 aromatic carbocycles. The molecular formula is C11H21N3. The third-order valence-corrected chi connectivity index (χ3v) is 2.18. The molecule has 0 bridgehead atoms. The summed E-state index contributed by atoms with van der Waals surface area (Å²) in [5.74, 6) is 1.03. The van der Waals surface area contributed by atoms with Gasteiger partial charge < -0.3 is 9.88 Å². The van der Waals surface area contributed by atoms with Gasteiger partial charge >= 0.3 is 0 Å². The van der Waals surface area contributed by atoms with Crippen LogP contribution in [-0.4, -0.2) is 16.1 Å². The minimum atomic E-state index is 1.00. The fourth-order valence-electron chi connectivity index (χ4n) is 1.42. The Hall–Kier alpha value is -0.990. The van der Waals surface area contributed by atoms with Crippen molar-refractivity contribution in [2.75, 3.05) is 11.9 Å². The van der Waals surface area contributed by atoms with Crippen LogP contribution in [0, 0.1) is 6.92 Å². The van der Waals surface area contributed by atoms with Gasteiger partial charge in [-0.25, -0.2) is 4.98 Å². The lowest BCUT2D eigenvalue weighted by molar-refractivity contribution is 0.634. The van der Waals surface area contributed by atoms with Gasteiger partial charge in [-0.15, -0.1) is 0 Å². The lowest BCUT2D eigenvalue weighted by Gasteiger charge is -2.07. The number of imidazole rings is 1. The van der Waals surface area contributed by atoms with Crippen LogP contribution in [0.15, 0.2) is 6.20 Å². The van der Waals surface area contributed by atoms with E-state index < -0.39 is 0 Å². The Balaban J connectivity index is 2.60. The number of hydrogen-bond acceptors (Lipinski definition) is 2. The van der Waals surface area contributed by atoms with E-state index in [0.717, 1.165) is 31.2 Å². The van der Waals surface area contributed by atoms with Crippen LogP contribution in [0.1, 0.15) is 38.8 Å². The van der Waals surface area contributed by atoms with E-state index in [2.05, 4.69) is 34.9 Å². The second kappa shape index (κ2) is 5.68. The number of aromatic nitrogens is 2. The van der Waals surface area contributed by atoms with Crippen molar-refractivity contribution in [1.82, 2.24) is 9.55 Å². The maximum Gasteiger partial charge on any atom is 0.203 e. The van der Waals surface area contributed by atoms with E-state index in [9.17, 15) is 0 Å². The highest BCUT2D eigenvalue weighted by atomic mass is 15.2. The maximum absolute atomic E-state index is 4.45. The molecule has 80 valence electrons. The van der Waals surface area contributed by atoms with E-state index in [0.29, 0.717) is 0 Å². The first-order chi connectivity index (χ1) is 6.77. The van der Waals surface area contributed by atoms with Gasteiger partial charge in [-0.05, 0) is 19.8 Å². The van der Waals surface area contributed by atoms with Crippen LogP contribution in [-0.2, 0) is 6.54 Å². The molecule has 0 atom stereocenters. The first-order valence-corrected chi connectivity index (χ1v) is 5.55. The quantitative estimate of drug-likeness (QED) is 0.756. The van der Waals surface area contributed by atoms with Crippen LogP contribution in [0.2, 0.25) is 0 Å². The van der Waals surface area contributed by atoms with Crippen LogP contribution >= 0.6 is 0 Å². The van der Waals surface area contributed by atoms with Gasteiger partial charge in [0.05, 0.1) is 5.69 Å². The Morgan fingerprint density at radius 2 is 2.14 bits per heavy atom. The first-order valence-electron chi connectivity index (χ1n) is 5.55. The van der Waals surface area contributed by atoms with Crippen LogP contribution in [0.3, 0.4) is 0 Å². The van der Waals surface area contributed by atoms with Gasteiger partial charge in [0.15, 0.2) is 0 Å². The number of nitrogens with zero attached hydrogens (tertiary/aromatic N) is 2. The van der Waals surface area contributed by atoms with E-state index >= 15 is 0 Å². The molecule has 0 radical (unpaired) electrons. The zero-order valence-electron chi connectivity index (χ0n) is 9.51. The Morgan fingerprint density at radius 3 is 2.79 bits per heavy atom. The molecule has 0 aliphatic rings. The summed E-state index contributed by atoms with van der Waals surface area (Å²) in [6, 6.07) is 0. The van der Waals surface area contributed by atoms with E-state index in [-0.39, 0.29) is 0 Å². The second-order valence-electron chi connectivity index (χ2n) is 3.68. The molecule has 0 saturated heterocycles. The fraction of sp³-hybridized carbons (Fsp3) is 0.727. The molecular weight excluding hydrogens is 174 g/mol. The van der Waals surface area contributed by atoms with E-state index in [1.54, 1.807) is 0 Å². The van der Waals surface area contributed by atoms with Gasteiger partial charge in [-0.1, -0.05) is 20.3 Å². The minimum Gasteiger partial charge on any atom is -0.356 e. The van der Waals surface area contributed by atoms with Crippen molar-refractivity contribution in [2.24, 2.45) is 0 Å². The summed E-state index contributed by atoms with van der Waals surface area (Å²) in [7, 11) is 0. The molecule has 0 unspecified atom stereocenters. The first kappa shape index (κ1) is 11.1. The average Bonchev–Trinajstić information content (AvgIpc) is 2.52. The van der Waals surface area contributed by atoms with Crippen molar-refractivity contribution in [1.29, 1.82) is 0 Å². The lowest BCUT2D eigenvalue weighted by Crippen LogP contribution is -2.07. The molecule has 1 heterocycles. The molecule has 0 aliphatic heterocycles. The zero-order valence-corrected chi connectivity index (χ0v) is 9.51. The number of anilines is 1. The smallest absolute Gasteiger partial charge is 0.203 e. The summed E-state index contributed by atoms with van der Waals surface area (Å²) in [5, 5.41) is 3.34. The molecule has 1 aromatic heterocycles. The van der Waals surface area contributed by atoms with E-state index in [1.807, 2.05) is 6.92 Å². The molecule has 0 saturated carbocycles. The third kappa shape index (κ3) is 3.05. The van der Waals surface area contributed by atoms with Gasteiger partial charge in [-0.2, -0.15) is 0 Å². The molecule has 1 N–H and O–H groups in total. The monoisotopic (exact) mass is 195 g/mol. The average molecular weight is 195 g/mol. The van der Waals surface area contributed by atoms with Crippen molar-refractivity contribution in [3.8, 4) is 0 Å². The topological polar surface area (TPSA) is 29.9 Å². The molecule has 0 fully saturated rings. The van der Waals surface area contributed by atoms with Crippen LogP contribution in [0.4, 0.5) is 5.95 Å². The highest BCUT2D eigenvalue weighted by Crippen LogP contribution is 2.09. The van der Waals surface area contributed by atoms with Gasteiger partial charge in [0, 0.05) is 19.3 Å². The molecule has 14 heavy (non-hydrogen) atoms. The van der Waals surface area contributed by atoms with Crippen molar-refractivity contribution in [3.05, 3.63) is 11.9 Å². The van der Waals surface area contributed by atoms with Gasteiger partial charge in [0.2, 0.25) is 5.95 Å². The molecule has 1 aromatic rings. The highest BCUT2D eigenvalue weighted by molar-refractivity contribution is 5.28. The zero-order chi connectivity index (χ0) is 10.4. The van der Waals surface area contributed by atoms with E-state index in [4.69, 9.17) is 0 Å². The van der Waals surface area contributed by atoms with Crippen molar-refractivity contribution < 1.29 is 0 Å². The molecule has 0 amide bonds. The number of hydrogen-bond donors (Lipinski definition) is 1. The number of rotatable bonds is 6. The van der Waals surface area contributed by atoms with Crippen LogP contribution in [0.25, 0.3) is 0 Å². The Kier molecular flexibility index (Phi) is 4.50. The highest BCUT2D eigenvalue weighted by Gasteiger charge is 2.03. The van der Waals surface area contributed by atoms with Gasteiger partial charge in [0.1, 0.15) is 0 Å². The number of aryl methyl sites for hydroxylation is 2. The van der Waals surface area contributed by atoms with Crippen molar-refractivity contribution in [3.63, 3.8) is 0 Å². The van der Waals surface area contributed by atoms with Crippen molar-refractivity contribution >= 4 is 5.95 Å². The minimum absolute atomic E-state index is 1.00. The predicted molar refractivity (Wildman–Crippen MR) is 60.7 cm³/mol. The summed E-state index contributed by atoms with van der Waals surface area (Å²) in [6.45, 7) is 8.49. The van der Waals surface area contributed by atoms with E-state index in [1.165, 1.54) is 12.8 Å². The Bertz CT molecular complexity index is 240. The standard InChI is InChI=1S/C11H21N3/c1-4-6-8-14-9-10(3)13-11(14)12-7-5-2/h9H,4-8H2,1-3H3,(H,12,13). The summed E-state index contributed by atoms with van der Waals surface area (Å²) >= 11 is 0. The SMILES string of the molecule is CCCCn1cc(C)nc1NCCC. The maximum atomic E-state index is 4.45. The van der Waals surface area contributed by atoms with Crippen LogP contribution in [0.5, 0.6) is 0 Å². The van der Waals surface area contributed by atoms with Gasteiger partial charge in [-0.3, -0.25) is 0 Å². The summed E-state index contributed by atoms with van der Waals surface area (Å²) < 4.78 is 2.22. The summed E-state index contributed by atoms with van der Waals surface area (Å²) in [4.78, 5) is 4.45. The number of unbranched alkanes of at least 4 members (excludes halogenated alkanes) is 1. The predicted octanol–water partition coefficient (Wildman–Crippen LogP) is 2.81. The molecule has 1 rings (SSSR count). The Labute approximate surface area is 86.5 Å². The fourth-order valence-corrected chi connectivity index (χ4v) is 1.42. The van der Waals surface area contributed by atoms with Crippen LogP contribution < -0.4 is 5.32 Å². The third-order valence-electron chi connectivity index (χ3n) is 2.18. The van der Waals surface area contributed by atoms with Crippen molar-refractivity contribution in [2.45, 2.75) is 46.6 Å². The normalized spacial score (nSPS) is 10.5. The number of nitrogens with one attached hydrogen (secondary N) is 1. The molecule has 3 nitrogen and oxygen atoms in total.